The number of piperazine rings is 1. The number of hydrogen-bond donors (Lipinski definition) is 0. The van der Waals surface area contributed by atoms with Crippen molar-refractivity contribution in [2.24, 2.45) is 0 Å². The number of carbonyl (C=O) groups excluding carboxylic acids is 1. The number of fused-ring (bicyclic) bond motifs is 1. The first kappa shape index (κ1) is 24.2. The average molecular weight is 561 g/mol. The molecule has 2 aromatic carbocycles. The van der Waals surface area contributed by atoms with Crippen LogP contribution in [0.1, 0.15) is 39.7 Å². The molecule has 2 aliphatic rings. The van der Waals surface area contributed by atoms with Crippen molar-refractivity contribution in [1.29, 1.82) is 0 Å². The molecule has 0 N–H and O–H groups in total. The summed E-state index contributed by atoms with van der Waals surface area (Å²) >= 11 is 3.50. The Kier molecular flexibility index (Phi) is 6.12. The predicted octanol–water partition coefficient (Wildman–Crippen LogP) is 5.63. The zero-order chi connectivity index (χ0) is 25.0. The molecule has 1 saturated carbocycles. The number of sulfone groups is 1. The summed E-state index contributed by atoms with van der Waals surface area (Å²) in [6.07, 6.45) is 3.64. The fourth-order valence-corrected chi connectivity index (χ4v) is 6.37. The fourth-order valence-electron chi connectivity index (χ4n) is 4.51. The standard InChI is InChI=1S/C26H30BrN3O4S/c1-26(2,3)34-25(31)29-13-11-28(12-14-29)20-5-4-6-21(16-20)35(32,33)24-17-30(19-8-9-19)23-10-7-18(27)15-22(23)24/h4-7,10,15-17,19H,8-9,11-14H2,1-3H3. The van der Waals surface area contributed by atoms with Crippen molar-refractivity contribution in [2.45, 2.75) is 55.0 Å². The largest absolute Gasteiger partial charge is 0.444 e. The Morgan fingerprint density at radius 1 is 1.03 bits per heavy atom. The van der Waals surface area contributed by atoms with Gasteiger partial charge in [-0.2, -0.15) is 0 Å². The summed E-state index contributed by atoms with van der Waals surface area (Å²) in [7, 11) is -3.73. The van der Waals surface area contributed by atoms with Crippen LogP contribution in [-0.4, -0.2) is 55.8 Å². The minimum atomic E-state index is -3.73. The lowest BCUT2D eigenvalue weighted by Crippen LogP contribution is -2.50. The van der Waals surface area contributed by atoms with Gasteiger partial charge < -0.3 is 19.1 Å². The van der Waals surface area contributed by atoms with Crippen LogP contribution in [0.25, 0.3) is 10.9 Å². The first-order valence-corrected chi connectivity index (χ1v) is 14.2. The number of halogens is 1. The summed E-state index contributed by atoms with van der Waals surface area (Å²) in [5, 5.41) is 0.739. The molecule has 3 aromatic rings. The van der Waals surface area contributed by atoms with Gasteiger partial charge in [0, 0.05) is 59.5 Å². The number of rotatable bonds is 4. The molecule has 2 fully saturated rings. The van der Waals surface area contributed by atoms with E-state index in [1.807, 2.05) is 45.0 Å². The maximum Gasteiger partial charge on any atom is 0.410 e. The van der Waals surface area contributed by atoms with Gasteiger partial charge in [0.05, 0.1) is 9.79 Å². The molecule has 0 bridgehead atoms. The molecule has 9 heteroatoms. The minimum absolute atomic E-state index is 0.277. The van der Waals surface area contributed by atoms with Crippen LogP contribution in [0.3, 0.4) is 0 Å². The molecule has 5 rings (SSSR count). The van der Waals surface area contributed by atoms with Crippen molar-refractivity contribution < 1.29 is 17.9 Å². The second-order valence-corrected chi connectivity index (χ2v) is 13.1. The van der Waals surface area contributed by atoms with E-state index >= 15 is 0 Å². The number of amides is 1. The summed E-state index contributed by atoms with van der Waals surface area (Å²) in [6, 6.07) is 13.3. The van der Waals surface area contributed by atoms with Crippen LogP contribution in [0, 0.1) is 0 Å². The number of aromatic nitrogens is 1. The van der Waals surface area contributed by atoms with Crippen LogP contribution in [0.15, 0.2) is 62.9 Å². The van der Waals surface area contributed by atoms with Gasteiger partial charge in [-0.3, -0.25) is 0 Å². The van der Waals surface area contributed by atoms with Crippen LogP contribution in [-0.2, 0) is 14.6 Å². The quantitative estimate of drug-likeness (QED) is 0.414. The van der Waals surface area contributed by atoms with Crippen molar-refractivity contribution in [3.63, 3.8) is 0 Å². The van der Waals surface area contributed by atoms with E-state index in [4.69, 9.17) is 4.74 Å². The van der Waals surface area contributed by atoms with E-state index in [0.717, 1.165) is 33.9 Å². The summed E-state index contributed by atoms with van der Waals surface area (Å²) in [5.74, 6) is 0. The lowest BCUT2D eigenvalue weighted by Gasteiger charge is -2.36. The Morgan fingerprint density at radius 2 is 1.74 bits per heavy atom. The van der Waals surface area contributed by atoms with E-state index in [-0.39, 0.29) is 11.0 Å². The summed E-state index contributed by atoms with van der Waals surface area (Å²) in [5.41, 5.74) is 1.25. The van der Waals surface area contributed by atoms with Crippen LogP contribution < -0.4 is 4.90 Å². The van der Waals surface area contributed by atoms with Gasteiger partial charge in [-0.05, 0) is 70.0 Å². The molecule has 1 aromatic heterocycles. The van der Waals surface area contributed by atoms with E-state index < -0.39 is 15.4 Å². The highest BCUT2D eigenvalue weighted by Crippen LogP contribution is 2.41. The van der Waals surface area contributed by atoms with Crippen LogP contribution in [0.4, 0.5) is 10.5 Å². The number of nitrogens with zero attached hydrogens (tertiary/aromatic N) is 3. The zero-order valence-electron chi connectivity index (χ0n) is 20.2. The van der Waals surface area contributed by atoms with Gasteiger partial charge in [-0.25, -0.2) is 13.2 Å². The van der Waals surface area contributed by atoms with Crippen LogP contribution >= 0.6 is 15.9 Å². The molecule has 7 nitrogen and oxygen atoms in total. The second-order valence-electron chi connectivity index (χ2n) is 10.2. The Morgan fingerprint density at radius 3 is 2.40 bits per heavy atom. The van der Waals surface area contributed by atoms with Gasteiger partial charge >= 0.3 is 6.09 Å². The smallest absolute Gasteiger partial charge is 0.410 e. The van der Waals surface area contributed by atoms with Gasteiger partial charge in [0.1, 0.15) is 5.60 Å². The highest BCUT2D eigenvalue weighted by molar-refractivity contribution is 9.10. The SMILES string of the molecule is CC(C)(C)OC(=O)N1CCN(c2cccc(S(=O)(=O)c3cn(C4CC4)c4ccc(Br)cc34)c2)CC1. The number of anilines is 1. The van der Waals surface area contributed by atoms with Gasteiger partial charge in [-0.15, -0.1) is 0 Å². The topological polar surface area (TPSA) is 71.8 Å². The Balaban J connectivity index is 1.40. The van der Waals surface area contributed by atoms with E-state index in [9.17, 15) is 13.2 Å². The molecule has 1 aliphatic carbocycles. The first-order valence-electron chi connectivity index (χ1n) is 11.9. The highest BCUT2D eigenvalue weighted by atomic mass is 79.9. The summed E-state index contributed by atoms with van der Waals surface area (Å²) in [6.45, 7) is 7.83. The molecule has 0 spiro atoms. The van der Waals surface area contributed by atoms with E-state index in [0.29, 0.717) is 37.1 Å². The second kappa shape index (κ2) is 8.85. The lowest BCUT2D eigenvalue weighted by molar-refractivity contribution is 0.0240. The van der Waals surface area contributed by atoms with Crippen molar-refractivity contribution in [3.05, 3.63) is 53.1 Å². The third kappa shape index (κ3) is 4.93. The third-order valence-electron chi connectivity index (χ3n) is 6.41. The van der Waals surface area contributed by atoms with E-state index in [1.54, 1.807) is 29.3 Å². The summed E-state index contributed by atoms with van der Waals surface area (Å²) < 4.78 is 36.1. The number of carbonyl (C=O) groups is 1. The maximum atomic E-state index is 13.8. The Labute approximate surface area is 214 Å². The highest BCUT2D eigenvalue weighted by Gasteiger charge is 2.31. The van der Waals surface area contributed by atoms with Crippen molar-refractivity contribution in [1.82, 2.24) is 9.47 Å². The van der Waals surface area contributed by atoms with Gasteiger partial charge in [0.2, 0.25) is 9.84 Å². The van der Waals surface area contributed by atoms with E-state index in [2.05, 4.69) is 25.4 Å². The number of benzene rings is 2. The maximum absolute atomic E-state index is 13.8. The number of ether oxygens (including phenoxy) is 1. The number of hydrogen-bond acceptors (Lipinski definition) is 5. The molecule has 1 amide bonds. The molecular weight excluding hydrogens is 530 g/mol. The van der Waals surface area contributed by atoms with Crippen molar-refractivity contribution >= 4 is 48.5 Å². The normalized spacial score (nSPS) is 17.1. The molecule has 0 unspecified atom stereocenters. The monoisotopic (exact) mass is 559 g/mol. The molecule has 1 aliphatic heterocycles. The zero-order valence-corrected chi connectivity index (χ0v) is 22.6. The Bertz CT molecular complexity index is 1380. The average Bonchev–Trinajstić information content (AvgIpc) is 3.58. The lowest BCUT2D eigenvalue weighted by atomic mass is 10.2. The third-order valence-corrected chi connectivity index (χ3v) is 8.68. The van der Waals surface area contributed by atoms with Gasteiger partial charge in [0.25, 0.3) is 0 Å². The van der Waals surface area contributed by atoms with Crippen molar-refractivity contribution in [2.75, 3.05) is 31.1 Å². The molecule has 0 radical (unpaired) electrons. The van der Waals surface area contributed by atoms with Crippen molar-refractivity contribution in [3.8, 4) is 0 Å². The van der Waals surface area contributed by atoms with E-state index in [1.165, 1.54) is 0 Å². The predicted molar refractivity (Wildman–Crippen MR) is 140 cm³/mol. The first-order chi connectivity index (χ1) is 16.5. The molecular formula is C26H30BrN3O4S. The minimum Gasteiger partial charge on any atom is -0.444 e. The van der Waals surface area contributed by atoms with Crippen LogP contribution in [0.2, 0.25) is 0 Å². The molecule has 35 heavy (non-hydrogen) atoms. The molecule has 186 valence electrons. The van der Waals surface area contributed by atoms with Gasteiger partial charge in [-0.1, -0.05) is 22.0 Å². The summed E-state index contributed by atoms with van der Waals surface area (Å²) in [4.78, 5) is 16.8. The molecule has 1 saturated heterocycles. The Hall–Kier alpha value is -2.52. The van der Waals surface area contributed by atoms with Gasteiger partial charge in [0.15, 0.2) is 0 Å². The molecule has 0 atom stereocenters. The molecule has 2 heterocycles. The fraction of sp³-hybridized carbons (Fsp3) is 0.423. The van der Waals surface area contributed by atoms with Crippen LogP contribution in [0.5, 0.6) is 0 Å².